The van der Waals surface area contributed by atoms with Crippen LogP contribution in [-0.2, 0) is 14.8 Å². The molecule has 2 aromatic rings. The van der Waals surface area contributed by atoms with Crippen LogP contribution in [0.2, 0.25) is 0 Å². The lowest BCUT2D eigenvalue weighted by atomic mass is 10.1. The number of anilines is 1. The molecule has 0 spiro atoms. The molecule has 1 amide bonds. The molecule has 0 aromatic heterocycles. The Morgan fingerprint density at radius 1 is 1.19 bits per heavy atom. The van der Waals surface area contributed by atoms with Crippen molar-refractivity contribution in [3.05, 3.63) is 59.7 Å². The van der Waals surface area contributed by atoms with Crippen LogP contribution in [0.25, 0.3) is 0 Å². The Bertz CT molecular complexity index is 939. The van der Waals surface area contributed by atoms with E-state index in [0.717, 1.165) is 16.1 Å². The van der Waals surface area contributed by atoms with Gasteiger partial charge >= 0.3 is 0 Å². The summed E-state index contributed by atoms with van der Waals surface area (Å²) in [6.45, 7) is 3.06. The Hall–Kier alpha value is -2.87. The van der Waals surface area contributed by atoms with E-state index in [0.29, 0.717) is 17.0 Å². The Morgan fingerprint density at radius 2 is 1.88 bits per heavy atom. The minimum absolute atomic E-state index is 0.0422. The average Bonchev–Trinajstić information content (AvgIpc) is 2.57. The molecule has 0 unspecified atom stereocenters. The van der Waals surface area contributed by atoms with Gasteiger partial charge in [0.25, 0.3) is 5.91 Å². The number of aromatic hydroxyl groups is 1. The van der Waals surface area contributed by atoms with Gasteiger partial charge in [-0.2, -0.15) is 5.10 Å². The largest absolute Gasteiger partial charge is 0.507 e. The maximum atomic E-state index is 12.2. The lowest BCUT2D eigenvalue weighted by Crippen LogP contribution is -2.39. The number of hydrogen-bond donors (Lipinski definition) is 2. The summed E-state index contributed by atoms with van der Waals surface area (Å²) in [6, 6.07) is 13.5. The molecule has 0 bridgehead atoms. The van der Waals surface area contributed by atoms with E-state index in [1.165, 1.54) is 6.07 Å². The van der Waals surface area contributed by atoms with Gasteiger partial charge in [-0.3, -0.25) is 9.10 Å². The van der Waals surface area contributed by atoms with Crippen LogP contribution in [0.1, 0.15) is 18.1 Å². The molecule has 0 radical (unpaired) electrons. The van der Waals surface area contributed by atoms with Crippen LogP contribution in [0.4, 0.5) is 5.69 Å². The van der Waals surface area contributed by atoms with E-state index in [2.05, 4.69) is 10.5 Å². The summed E-state index contributed by atoms with van der Waals surface area (Å²) in [5.74, 6) is -0.549. The quantitative estimate of drug-likeness (QED) is 0.596. The zero-order chi connectivity index (χ0) is 19.3. The van der Waals surface area contributed by atoms with Gasteiger partial charge in [0.2, 0.25) is 10.0 Å². The molecule has 0 atom stereocenters. The number of nitrogens with zero attached hydrogens (tertiary/aromatic N) is 2. The monoisotopic (exact) mass is 375 g/mol. The molecule has 2 aromatic carbocycles. The highest BCUT2D eigenvalue weighted by Crippen LogP contribution is 2.19. The Morgan fingerprint density at radius 3 is 2.50 bits per heavy atom. The van der Waals surface area contributed by atoms with Crippen LogP contribution in [0.3, 0.4) is 0 Å². The summed E-state index contributed by atoms with van der Waals surface area (Å²) in [7, 11) is -3.64. The van der Waals surface area contributed by atoms with Gasteiger partial charge in [0.1, 0.15) is 12.3 Å². The van der Waals surface area contributed by atoms with Crippen molar-refractivity contribution in [2.24, 2.45) is 5.10 Å². The summed E-state index contributed by atoms with van der Waals surface area (Å²) in [5, 5.41) is 13.7. The van der Waals surface area contributed by atoms with Crippen molar-refractivity contribution in [3.63, 3.8) is 0 Å². The van der Waals surface area contributed by atoms with Crippen molar-refractivity contribution in [2.75, 3.05) is 17.1 Å². The van der Waals surface area contributed by atoms with Crippen molar-refractivity contribution in [3.8, 4) is 5.75 Å². The maximum absolute atomic E-state index is 12.2. The number of carbonyl (C=O) groups is 1. The average molecular weight is 375 g/mol. The second kappa shape index (κ2) is 8.01. The number of rotatable bonds is 6. The molecule has 0 aliphatic carbocycles. The molecule has 26 heavy (non-hydrogen) atoms. The molecular formula is C18H21N3O4S. The van der Waals surface area contributed by atoms with Crippen molar-refractivity contribution >= 4 is 27.3 Å². The summed E-state index contributed by atoms with van der Waals surface area (Å²) in [4.78, 5) is 12.2. The number of hydrogen-bond acceptors (Lipinski definition) is 5. The number of benzene rings is 2. The lowest BCUT2D eigenvalue weighted by Gasteiger charge is -2.21. The highest BCUT2D eigenvalue weighted by atomic mass is 32.2. The maximum Gasteiger partial charge on any atom is 0.260 e. The number of hydrazone groups is 1. The first-order valence-electron chi connectivity index (χ1n) is 7.84. The van der Waals surface area contributed by atoms with Gasteiger partial charge in [-0.1, -0.05) is 24.3 Å². The van der Waals surface area contributed by atoms with Crippen LogP contribution in [-0.4, -0.2) is 37.9 Å². The molecule has 138 valence electrons. The first-order chi connectivity index (χ1) is 12.2. The first kappa shape index (κ1) is 19.5. The second-order valence-electron chi connectivity index (χ2n) is 5.86. The van der Waals surface area contributed by atoms with E-state index in [-0.39, 0.29) is 5.75 Å². The van der Waals surface area contributed by atoms with Crippen LogP contribution in [0.15, 0.2) is 53.6 Å². The van der Waals surface area contributed by atoms with E-state index in [9.17, 15) is 18.3 Å². The van der Waals surface area contributed by atoms with E-state index < -0.39 is 22.5 Å². The minimum atomic E-state index is -3.64. The van der Waals surface area contributed by atoms with Gasteiger partial charge < -0.3 is 5.11 Å². The molecule has 0 fully saturated rings. The SMILES string of the molecule is C/C(=N/NC(=O)CN(c1cccc(C)c1)S(C)(=O)=O)c1ccccc1O. The van der Waals surface area contributed by atoms with Gasteiger partial charge in [0, 0.05) is 5.56 Å². The molecule has 0 heterocycles. The first-order valence-corrected chi connectivity index (χ1v) is 9.69. The minimum Gasteiger partial charge on any atom is -0.507 e. The predicted octanol–water partition coefficient (Wildman–Crippen LogP) is 2.01. The fourth-order valence-electron chi connectivity index (χ4n) is 2.33. The highest BCUT2D eigenvalue weighted by Gasteiger charge is 2.20. The molecule has 7 nitrogen and oxygen atoms in total. The number of para-hydroxylation sites is 1. The Balaban J connectivity index is 2.16. The number of phenolic OH excluding ortho intramolecular Hbond substituents is 1. The van der Waals surface area contributed by atoms with Gasteiger partial charge in [-0.25, -0.2) is 13.8 Å². The summed E-state index contributed by atoms with van der Waals surface area (Å²) < 4.78 is 25.1. The smallest absolute Gasteiger partial charge is 0.260 e. The van der Waals surface area contributed by atoms with Gasteiger partial charge in [0.15, 0.2) is 0 Å². The number of nitrogens with one attached hydrogen (secondary N) is 1. The number of phenols is 1. The van der Waals surface area contributed by atoms with Crippen LogP contribution < -0.4 is 9.73 Å². The standard InChI is InChI=1S/C18H21N3O4S/c1-13-7-6-8-15(11-13)21(26(3,24)25)12-18(23)20-19-14(2)16-9-4-5-10-17(16)22/h4-11,22H,12H2,1-3H3,(H,20,23)/b19-14-. The Labute approximate surface area is 153 Å². The number of carbonyl (C=O) groups excluding carboxylic acids is 1. The lowest BCUT2D eigenvalue weighted by molar-refractivity contribution is -0.119. The van der Waals surface area contributed by atoms with Crippen LogP contribution >= 0.6 is 0 Å². The van der Waals surface area contributed by atoms with E-state index in [1.54, 1.807) is 43.3 Å². The van der Waals surface area contributed by atoms with Crippen molar-refractivity contribution in [1.29, 1.82) is 0 Å². The molecule has 8 heteroatoms. The van der Waals surface area contributed by atoms with Crippen molar-refractivity contribution in [2.45, 2.75) is 13.8 Å². The van der Waals surface area contributed by atoms with Crippen LogP contribution in [0, 0.1) is 6.92 Å². The van der Waals surface area contributed by atoms with Gasteiger partial charge in [0.05, 0.1) is 17.7 Å². The summed E-state index contributed by atoms with van der Waals surface area (Å²) in [6.07, 6.45) is 1.04. The third kappa shape index (κ3) is 5.06. The molecule has 0 aliphatic rings. The van der Waals surface area contributed by atoms with E-state index in [1.807, 2.05) is 13.0 Å². The number of sulfonamides is 1. The number of aryl methyl sites for hydroxylation is 1. The fourth-order valence-corrected chi connectivity index (χ4v) is 3.18. The third-order valence-corrected chi connectivity index (χ3v) is 4.76. The molecule has 2 N–H and O–H groups in total. The number of amides is 1. The molecule has 0 aliphatic heterocycles. The third-order valence-electron chi connectivity index (χ3n) is 3.62. The fraction of sp³-hybridized carbons (Fsp3) is 0.222. The second-order valence-corrected chi connectivity index (χ2v) is 7.76. The van der Waals surface area contributed by atoms with E-state index >= 15 is 0 Å². The van der Waals surface area contributed by atoms with Crippen LogP contribution in [0.5, 0.6) is 5.75 Å². The topological polar surface area (TPSA) is 99.1 Å². The van der Waals surface area contributed by atoms with Crippen molar-refractivity contribution < 1.29 is 18.3 Å². The van der Waals surface area contributed by atoms with Crippen molar-refractivity contribution in [1.82, 2.24) is 5.43 Å². The normalized spacial score (nSPS) is 11.9. The molecule has 0 saturated heterocycles. The zero-order valence-electron chi connectivity index (χ0n) is 14.8. The van der Waals surface area contributed by atoms with Gasteiger partial charge in [-0.05, 0) is 43.7 Å². The highest BCUT2D eigenvalue weighted by molar-refractivity contribution is 7.92. The summed E-state index contributed by atoms with van der Waals surface area (Å²) in [5.41, 5.74) is 4.49. The van der Waals surface area contributed by atoms with E-state index in [4.69, 9.17) is 0 Å². The summed E-state index contributed by atoms with van der Waals surface area (Å²) >= 11 is 0. The van der Waals surface area contributed by atoms with Gasteiger partial charge in [-0.15, -0.1) is 0 Å². The zero-order valence-corrected chi connectivity index (χ0v) is 15.6. The Kier molecular flexibility index (Phi) is 5.99. The predicted molar refractivity (Wildman–Crippen MR) is 102 cm³/mol. The molecular weight excluding hydrogens is 354 g/mol. The molecule has 0 saturated carbocycles. The molecule has 2 rings (SSSR count).